The number of phosphoric ester groups is 2. The van der Waals surface area contributed by atoms with Gasteiger partial charge in [-0.1, -0.05) is 356 Å². The topological polar surface area (TPSA) is 237 Å². The van der Waals surface area contributed by atoms with Crippen molar-refractivity contribution >= 4 is 39.5 Å². The van der Waals surface area contributed by atoms with Gasteiger partial charge in [0, 0.05) is 25.7 Å². The van der Waals surface area contributed by atoms with E-state index in [0.717, 1.165) is 102 Å². The van der Waals surface area contributed by atoms with Crippen molar-refractivity contribution in [2.24, 2.45) is 11.8 Å². The van der Waals surface area contributed by atoms with Crippen LogP contribution >= 0.6 is 15.6 Å². The largest absolute Gasteiger partial charge is 0.472 e. The molecule has 0 aliphatic carbocycles. The second kappa shape index (κ2) is 69.8. The summed E-state index contributed by atoms with van der Waals surface area (Å²) < 4.78 is 68.5. The fourth-order valence-corrected chi connectivity index (χ4v) is 13.6. The molecule has 0 fully saturated rings. The Balaban J connectivity index is 5.21. The monoisotopic (exact) mass is 1420 g/mol. The highest BCUT2D eigenvalue weighted by Gasteiger charge is 2.30. The van der Waals surface area contributed by atoms with Crippen LogP contribution in [0.4, 0.5) is 0 Å². The summed E-state index contributed by atoms with van der Waals surface area (Å²) in [5.41, 5.74) is 0. The summed E-state index contributed by atoms with van der Waals surface area (Å²) in [6.07, 6.45) is 58.4. The van der Waals surface area contributed by atoms with Crippen LogP contribution in [0, 0.1) is 11.8 Å². The van der Waals surface area contributed by atoms with Crippen LogP contribution in [0.1, 0.15) is 408 Å². The van der Waals surface area contributed by atoms with E-state index in [2.05, 4.69) is 41.5 Å². The van der Waals surface area contributed by atoms with Gasteiger partial charge < -0.3 is 33.8 Å². The van der Waals surface area contributed by atoms with Crippen LogP contribution in [0.2, 0.25) is 0 Å². The van der Waals surface area contributed by atoms with Gasteiger partial charge in [-0.15, -0.1) is 0 Å². The highest BCUT2D eigenvalue weighted by molar-refractivity contribution is 7.47. The standard InChI is InChI=1S/C78H152O17P2/c1-7-9-11-13-15-17-18-19-20-21-22-23-24-25-28-32-38-44-50-56-62-77(82)94-74(67-89-76(81)61-55-49-43-37-31-29-26-27-30-35-40-46-52-58-70(3)4)69-93-97(86,87)91-65-72(79)64-90-96(84,85)92-68-73(66-88-75(80)60-54-48-42-34-16-14-12-10-8-2)95-78(83)63-57-51-45-39-33-36-41-47-53-59-71(5)6/h70-74,79H,7-69H2,1-6H3,(H,84,85)(H,86,87)/t72-,73+,74+/m0/s1. The second-order valence-corrected chi connectivity index (χ2v) is 32.0. The van der Waals surface area contributed by atoms with Crippen molar-refractivity contribution in [1.82, 2.24) is 0 Å². The number of rotatable bonds is 77. The fourth-order valence-electron chi connectivity index (χ4n) is 12.0. The first-order valence-electron chi connectivity index (χ1n) is 40.5. The normalized spacial score (nSPS) is 14.0. The van der Waals surface area contributed by atoms with Gasteiger partial charge in [0.2, 0.25) is 0 Å². The Hall–Kier alpha value is -1.94. The Kier molecular flexibility index (Phi) is 68.4. The number of hydrogen-bond donors (Lipinski definition) is 3. The summed E-state index contributed by atoms with van der Waals surface area (Å²) in [4.78, 5) is 72.8. The summed E-state index contributed by atoms with van der Waals surface area (Å²) in [7, 11) is -9.91. The number of ether oxygens (including phenoxy) is 4. The van der Waals surface area contributed by atoms with E-state index >= 15 is 0 Å². The lowest BCUT2D eigenvalue weighted by Crippen LogP contribution is -2.30. The summed E-state index contributed by atoms with van der Waals surface area (Å²) >= 11 is 0. The predicted molar refractivity (Wildman–Crippen MR) is 395 cm³/mol. The van der Waals surface area contributed by atoms with Crippen molar-refractivity contribution in [2.75, 3.05) is 39.6 Å². The third kappa shape index (κ3) is 72.2. The Morgan fingerprint density at radius 2 is 0.474 bits per heavy atom. The zero-order valence-electron chi connectivity index (χ0n) is 63.4. The molecule has 0 saturated heterocycles. The van der Waals surface area contributed by atoms with E-state index in [1.54, 1.807) is 0 Å². The van der Waals surface area contributed by atoms with Crippen LogP contribution in [0.25, 0.3) is 0 Å². The van der Waals surface area contributed by atoms with Crippen molar-refractivity contribution in [3.63, 3.8) is 0 Å². The van der Waals surface area contributed by atoms with Gasteiger partial charge in [0.15, 0.2) is 12.2 Å². The van der Waals surface area contributed by atoms with E-state index in [1.807, 2.05) is 0 Å². The molecular formula is C78H152O17P2. The Morgan fingerprint density at radius 3 is 0.701 bits per heavy atom. The van der Waals surface area contributed by atoms with Crippen LogP contribution < -0.4 is 0 Å². The van der Waals surface area contributed by atoms with Crippen LogP contribution in [-0.4, -0.2) is 96.7 Å². The molecule has 19 heteroatoms. The van der Waals surface area contributed by atoms with Gasteiger partial charge in [0.1, 0.15) is 19.3 Å². The Labute approximate surface area is 594 Å². The predicted octanol–water partition coefficient (Wildman–Crippen LogP) is 23.1. The Morgan fingerprint density at radius 1 is 0.278 bits per heavy atom. The molecular weight excluding hydrogens is 1270 g/mol. The highest BCUT2D eigenvalue weighted by atomic mass is 31.2. The first kappa shape index (κ1) is 95.1. The lowest BCUT2D eigenvalue weighted by Gasteiger charge is -2.21. The number of aliphatic hydroxyl groups excluding tert-OH is 1. The molecule has 0 saturated carbocycles. The van der Waals surface area contributed by atoms with E-state index in [0.29, 0.717) is 25.7 Å². The molecule has 17 nitrogen and oxygen atoms in total. The molecule has 0 rings (SSSR count). The number of phosphoric acid groups is 2. The zero-order valence-corrected chi connectivity index (χ0v) is 65.2. The minimum absolute atomic E-state index is 0.105. The van der Waals surface area contributed by atoms with Crippen LogP contribution in [0.15, 0.2) is 0 Å². The molecule has 2 unspecified atom stereocenters. The summed E-state index contributed by atoms with van der Waals surface area (Å²) in [6, 6.07) is 0. The molecule has 5 atom stereocenters. The first-order valence-corrected chi connectivity index (χ1v) is 43.5. The molecule has 0 heterocycles. The van der Waals surface area contributed by atoms with Crippen LogP contribution in [-0.2, 0) is 65.4 Å². The molecule has 0 radical (unpaired) electrons. The van der Waals surface area contributed by atoms with E-state index in [1.165, 1.54) is 225 Å². The SMILES string of the molecule is CCCCCCCCCCCCCCCCCCCCCCC(=O)O[C@H](COC(=O)CCCCCCCCCCCCCCCC(C)C)COP(=O)(O)OC[C@@H](O)COP(=O)(O)OC[C@@H](COC(=O)CCCCCCCCCCC)OC(=O)CCCCCCCCCCCC(C)C. The lowest BCUT2D eigenvalue weighted by atomic mass is 10.0. The summed E-state index contributed by atoms with van der Waals surface area (Å²) in [5.74, 6) is -0.587. The number of aliphatic hydroxyl groups is 1. The van der Waals surface area contributed by atoms with Crippen molar-refractivity contribution < 1.29 is 80.2 Å². The van der Waals surface area contributed by atoms with Gasteiger partial charge in [-0.2, -0.15) is 0 Å². The molecule has 0 aliphatic heterocycles. The summed E-state index contributed by atoms with van der Waals surface area (Å²) in [5, 5.41) is 10.6. The first-order chi connectivity index (χ1) is 46.9. The maximum absolute atomic E-state index is 13.1. The van der Waals surface area contributed by atoms with Gasteiger partial charge in [0.05, 0.1) is 26.4 Å². The molecule has 0 aromatic heterocycles. The molecule has 97 heavy (non-hydrogen) atoms. The fraction of sp³-hybridized carbons (Fsp3) is 0.949. The van der Waals surface area contributed by atoms with Gasteiger partial charge in [0.25, 0.3) is 0 Å². The average Bonchev–Trinajstić information content (AvgIpc) is 1.13. The molecule has 576 valence electrons. The van der Waals surface area contributed by atoms with E-state index < -0.39 is 97.5 Å². The summed E-state index contributed by atoms with van der Waals surface area (Å²) in [6.45, 7) is 9.59. The average molecular weight is 1420 g/mol. The maximum Gasteiger partial charge on any atom is 0.472 e. The lowest BCUT2D eigenvalue weighted by molar-refractivity contribution is -0.161. The Bertz CT molecular complexity index is 1870. The molecule has 0 spiro atoms. The second-order valence-electron chi connectivity index (χ2n) is 29.1. The van der Waals surface area contributed by atoms with E-state index in [-0.39, 0.29) is 25.7 Å². The quantitative estimate of drug-likeness (QED) is 0.0222. The molecule has 3 N–H and O–H groups in total. The van der Waals surface area contributed by atoms with Crippen molar-refractivity contribution in [3.8, 4) is 0 Å². The van der Waals surface area contributed by atoms with Gasteiger partial charge >= 0.3 is 39.5 Å². The molecule has 0 aliphatic rings. The highest BCUT2D eigenvalue weighted by Crippen LogP contribution is 2.45. The molecule has 0 aromatic rings. The van der Waals surface area contributed by atoms with Crippen molar-refractivity contribution in [1.29, 1.82) is 0 Å². The third-order valence-corrected chi connectivity index (χ3v) is 20.1. The van der Waals surface area contributed by atoms with Crippen LogP contribution in [0.5, 0.6) is 0 Å². The van der Waals surface area contributed by atoms with Crippen LogP contribution in [0.3, 0.4) is 0 Å². The number of carbonyl (C=O) groups excluding carboxylic acids is 4. The molecule has 0 amide bonds. The van der Waals surface area contributed by atoms with Gasteiger partial charge in [-0.25, -0.2) is 9.13 Å². The zero-order chi connectivity index (χ0) is 71.4. The van der Waals surface area contributed by atoms with E-state index in [4.69, 9.17) is 37.0 Å². The maximum atomic E-state index is 13.1. The van der Waals surface area contributed by atoms with Gasteiger partial charge in [-0.05, 0) is 37.5 Å². The molecule has 0 aromatic carbocycles. The minimum Gasteiger partial charge on any atom is -0.462 e. The van der Waals surface area contributed by atoms with Crippen molar-refractivity contribution in [3.05, 3.63) is 0 Å². The van der Waals surface area contributed by atoms with E-state index in [9.17, 15) is 43.2 Å². The number of hydrogen-bond acceptors (Lipinski definition) is 15. The van der Waals surface area contributed by atoms with Crippen molar-refractivity contribution in [2.45, 2.75) is 426 Å². The third-order valence-electron chi connectivity index (χ3n) is 18.2. The molecule has 0 bridgehead atoms. The van der Waals surface area contributed by atoms with Gasteiger partial charge in [-0.3, -0.25) is 37.3 Å². The number of carbonyl (C=O) groups is 4. The number of esters is 4. The number of unbranched alkanes of at least 4 members (excludes halogenated alkanes) is 47. The smallest absolute Gasteiger partial charge is 0.462 e. The minimum atomic E-state index is -4.96.